The smallest absolute Gasteiger partial charge is 0.262 e. The van der Waals surface area contributed by atoms with Gasteiger partial charge in [0.15, 0.2) is 0 Å². The van der Waals surface area contributed by atoms with Crippen LogP contribution in [0.1, 0.15) is 49.0 Å². The van der Waals surface area contributed by atoms with Crippen LogP contribution < -0.4 is 15.4 Å². The highest BCUT2D eigenvalue weighted by atomic mass is 32.2. The molecule has 162 valence electrons. The number of hydrogen-bond donors (Lipinski definition) is 2. The Morgan fingerprint density at radius 3 is 2.68 bits per heavy atom. The fourth-order valence-corrected chi connectivity index (χ4v) is 5.12. The van der Waals surface area contributed by atoms with Gasteiger partial charge in [0.05, 0.1) is 17.7 Å². The van der Waals surface area contributed by atoms with Crippen LogP contribution in [0.5, 0.6) is 5.75 Å². The van der Waals surface area contributed by atoms with Crippen LogP contribution in [-0.4, -0.2) is 25.0 Å². The van der Waals surface area contributed by atoms with Crippen LogP contribution in [0.3, 0.4) is 0 Å². The van der Waals surface area contributed by atoms with E-state index in [1.54, 1.807) is 13.2 Å². The number of carbonyl (C=O) groups excluding carboxylic acids is 2. The molecular weight excluding hydrogens is 408 g/mol. The van der Waals surface area contributed by atoms with E-state index in [4.69, 9.17) is 4.74 Å². The third kappa shape index (κ3) is 4.79. The molecule has 0 bridgehead atoms. The highest BCUT2D eigenvalue weighted by molar-refractivity contribution is 8.04. The lowest BCUT2D eigenvalue weighted by molar-refractivity contribution is -0.112. The summed E-state index contributed by atoms with van der Waals surface area (Å²) < 4.78 is 5.18. The second-order valence-corrected chi connectivity index (χ2v) is 9.48. The van der Waals surface area contributed by atoms with E-state index in [2.05, 4.69) is 24.5 Å². The van der Waals surface area contributed by atoms with Crippen molar-refractivity contribution in [3.63, 3.8) is 0 Å². The van der Waals surface area contributed by atoms with Gasteiger partial charge in [0.2, 0.25) is 0 Å². The van der Waals surface area contributed by atoms with Gasteiger partial charge in [-0.2, -0.15) is 0 Å². The van der Waals surface area contributed by atoms with Crippen LogP contribution >= 0.6 is 11.8 Å². The van der Waals surface area contributed by atoms with Crippen LogP contribution in [0.25, 0.3) is 6.08 Å². The molecule has 0 unspecified atom stereocenters. The van der Waals surface area contributed by atoms with Crippen molar-refractivity contribution >= 4 is 35.3 Å². The van der Waals surface area contributed by atoms with E-state index in [1.807, 2.05) is 42.5 Å². The first-order valence-corrected chi connectivity index (χ1v) is 11.6. The number of thioether (sulfide) groups is 1. The molecule has 1 aliphatic heterocycles. The van der Waals surface area contributed by atoms with Crippen LogP contribution in [0.2, 0.25) is 0 Å². The van der Waals surface area contributed by atoms with E-state index in [9.17, 15) is 9.59 Å². The molecule has 1 heterocycles. The minimum Gasteiger partial charge on any atom is -0.497 e. The van der Waals surface area contributed by atoms with Crippen molar-refractivity contribution in [3.8, 4) is 5.75 Å². The summed E-state index contributed by atoms with van der Waals surface area (Å²) in [5.41, 5.74) is 2.18. The van der Waals surface area contributed by atoms with Gasteiger partial charge in [-0.1, -0.05) is 50.6 Å². The Bertz CT molecular complexity index is 1020. The fraction of sp³-hybridized carbons (Fsp3) is 0.360. The molecule has 1 saturated carbocycles. The van der Waals surface area contributed by atoms with E-state index in [-0.39, 0.29) is 17.9 Å². The van der Waals surface area contributed by atoms with Crippen molar-refractivity contribution in [3.05, 3.63) is 58.5 Å². The SMILES string of the molecule is COc1ccc(/C=C2/Sc3ccc(C(=O)N[C@@H]4CCC[C@@H](C)[C@H]4C)cc3NC2=O)cc1. The third-order valence-corrected chi connectivity index (χ3v) is 7.47. The molecule has 2 amide bonds. The Labute approximate surface area is 187 Å². The standard InChI is InChI=1S/C25H28N2O3S/c1-15-5-4-6-20(16(15)2)26-24(28)18-9-12-22-21(14-18)27-25(29)23(31-22)13-17-7-10-19(30-3)11-8-17/h7-16,20H,4-6H2,1-3H3,(H,26,28)(H,27,29)/b23-13+/t15-,16-,20-/m1/s1. The molecule has 0 aromatic heterocycles. The summed E-state index contributed by atoms with van der Waals surface area (Å²) in [6.45, 7) is 4.47. The molecule has 3 atom stereocenters. The maximum absolute atomic E-state index is 12.8. The molecule has 0 spiro atoms. The van der Waals surface area contributed by atoms with Crippen molar-refractivity contribution in [1.29, 1.82) is 0 Å². The number of fused-ring (bicyclic) bond motifs is 1. The van der Waals surface area contributed by atoms with Crippen molar-refractivity contribution in [1.82, 2.24) is 5.32 Å². The number of hydrogen-bond acceptors (Lipinski definition) is 4. The topological polar surface area (TPSA) is 67.4 Å². The van der Waals surface area contributed by atoms with Gasteiger partial charge in [0, 0.05) is 16.5 Å². The summed E-state index contributed by atoms with van der Waals surface area (Å²) in [7, 11) is 1.62. The first kappa shape index (κ1) is 21.5. The predicted octanol–water partition coefficient (Wildman–Crippen LogP) is 5.34. The van der Waals surface area contributed by atoms with Gasteiger partial charge < -0.3 is 15.4 Å². The molecule has 4 rings (SSSR count). The van der Waals surface area contributed by atoms with Crippen molar-refractivity contribution < 1.29 is 14.3 Å². The van der Waals surface area contributed by atoms with E-state index in [0.29, 0.717) is 28.0 Å². The normalized spacial score (nSPS) is 24.3. The summed E-state index contributed by atoms with van der Waals surface area (Å²) in [4.78, 5) is 27.0. The molecule has 5 nitrogen and oxygen atoms in total. The van der Waals surface area contributed by atoms with Crippen molar-refractivity contribution in [2.75, 3.05) is 12.4 Å². The second-order valence-electron chi connectivity index (χ2n) is 8.40. The number of carbonyl (C=O) groups is 2. The number of rotatable bonds is 4. The van der Waals surface area contributed by atoms with Crippen molar-refractivity contribution in [2.24, 2.45) is 11.8 Å². The lowest BCUT2D eigenvalue weighted by Gasteiger charge is -2.34. The molecule has 0 radical (unpaired) electrons. The predicted molar refractivity (Wildman–Crippen MR) is 125 cm³/mol. The fourth-order valence-electron chi connectivity index (χ4n) is 4.19. The average Bonchev–Trinajstić information content (AvgIpc) is 2.77. The Morgan fingerprint density at radius 1 is 1.16 bits per heavy atom. The Balaban J connectivity index is 1.48. The van der Waals surface area contributed by atoms with Crippen LogP contribution in [0.4, 0.5) is 5.69 Å². The van der Waals surface area contributed by atoms with Gasteiger partial charge in [0.25, 0.3) is 11.8 Å². The maximum atomic E-state index is 12.8. The molecule has 2 aliphatic rings. The van der Waals surface area contributed by atoms with E-state index >= 15 is 0 Å². The summed E-state index contributed by atoms with van der Waals surface area (Å²) in [6, 6.07) is 13.3. The zero-order valence-corrected chi connectivity index (χ0v) is 18.9. The molecule has 2 N–H and O–H groups in total. The van der Waals surface area contributed by atoms with Gasteiger partial charge in [-0.25, -0.2) is 0 Å². The minimum atomic E-state index is -0.166. The number of amides is 2. The third-order valence-electron chi connectivity index (χ3n) is 6.37. The van der Waals surface area contributed by atoms with Gasteiger partial charge in [-0.05, 0) is 60.2 Å². The van der Waals surface area contributed by atoms with Gasteiger partial charge in [0.1, 0.15) is 5.75 Å². The molecule has 2 aromatic rings. The number of ether oxygens (including phenoxy) is 1. The van der Waals surface area contributed by atoms with E-state index in [1.165, 1.54) is 18.2 Å². The maximum Gasteiger partial charge on any atom is 0.262 e. The quantitative estimate of drug-likeness (QED) is 0.635. The minimum absolute atomic E-state index is 0.0763. The van der Waals surface area contributed by atoms with Crippen LogP contribution in [0, 0.1) is 11.8 Å². The molecule has 1 fully saturated rings. The number of benzene rings is 2. The van der Waals surface area contributed by atoms with Gasteiger partial charge >= 0.3 is 0 Å². The van der Waals surface area contributed by atoms with E-state index < -0.39 is 0 Å². The summed E-state index contributed by atoms with van der Waals surface area (Å²) in [5.74, 6) is 1.62. The zero-order valence-electron chi connectivity index (χ0n) is 18.1. The Hall–Kier alpha value is -2.73. The van der Waals surface area contributed by atoms with Gasteiger partial charge in [-0.15, -0.1) is 0 Å². The number of anilines is 1. The summed E-state index contributed by atoms with van der Waals surface area (Å²) >= 11 is 1.41. The monoisotopic (exact) mass is 436 g/mol. The lowest BCUT2D eigenvalue weighted by atomic mass is 9.78. The zero-order chi connectivity index (χ0) is 22.0. The summed E-state index contributed by atoms with van der Waals surface area (Å²) in [6.07, 6.45) is 5.25. The van der Waals surface area contributed by atoms with Crippen LogP contribution in [0.15, 0.2) is 52.3 Å². The first-order valence-electron chi connectivity index (χ1n) is 10.7. The number of methoxy groups -OCH3 is 1. The second kappa shape index (κ2) is 9.18. The molecule has 31 heavy (non-hydrogen) atoms. The highest BCUT2D eigenvalue weighted by Gasteiger charge is 2.29. The molecule has 1 aliphatic carbocycles. The molecule has 2 aromatic carbocycles. The lowest BCUT2D eigenvalue weighted by Crippen LogP contribution is -2.43. The molecular formula is C25H28N2O3S. The average molecular weight is 437 g/mol. The Morgan fingerprint density at radius 2 is 1.94 bits per heavy atom. The van der Waals surface area contributed by atoms with Gasteiger partial charge in [-0.3, -0.25) is 9.59 Å². The Kier molecular flexibility index (Phi) is 6.37. The summed E-state index contributed by atoms with van der Waals surface area (Å²) in [5, 5.41) is 6.14. The molecule has 0 saturated heterocycles. The van der Waals surface area contributed by atoms with Crippen LogP contribution in [-0.2, 0) is 4.79 Å². The largest absolute Gasteiger partial charge is 0.497 e. The number of nitrogens with one attached hydrogen (secondary N) is 2. The molecule has 6 heteroatoms. The van der Waals surface area contributed by atoms with E-state index in [0.717, 1.165) is 29.1 Å². The van der Waals surface area contributed by atoms with Crippen molar-refractivity contribution in [2.45, 2.75) is 44.0 Å². The highest BCUT2D eigenvalue weighted by Crippen LogP contribution is 2.39. The first-order chi connectivity index (χ1) is 14.9.